The molecule has 0 radical (unpaired) electrons. The summed E-state index contributed by atoms with van der Waals surface area (Å²) in [7, 11) is 0. The zero-order chi connectivity index (χ0) is 16.1. The molecule has 7 nitrogen and oxygen atoms in total. The highest BCUT2D eigenvalue weighted by Gasteiger charge is 2.11. The third-order valence-electron chi connectivity index (χ3n) is 3.72. The molecule has 0 aromatic carbocycles. The average molecular weight is 335 g/mol. The lowest BCUT2D eigenvalue weighted by molar-refractivity contribution is -0.119. The Hall–Kier alpha value is -1.77. The first-order valence-corrected chi connectivity index (χ1v) is 8.56. The summed E-state index contributed by atoms with van der Waals surface area (Å²) in [6, 6.07) is 2.04. The third kappa shape index (κ3) is 4.37. The van der Waals surface area contributed by atoms with E-state index in [1.807, 2.05) is 13.0 Å². The van der Waals surface area contributed by atoms with Crippen LogP contribution >= 0.6 is 11.3 Å². The predicted molar refractivity (Wildman–Crippen MR) is 90.9 cm³/mol. The van der Waals surface area contributed by atoms with Gasteiger partial charge in [-0.1, -0.05) is 0 Å². The summed E-state index contributed by atoms with van der Waals surface area (Å²) in [5, 5.41) is 7.00. The number of aromatic nitrogens is 2. The maximum absolute atomic E-state index is 11.9. The lowest BCUT2D eigenvalue weighted by Crippen LogP contribution is -2.42. The van der Waals surface area contributed by atoms with Crippen LogP contribution in [0.4, 0.5) is 5.82 Å². The molecule has 3 heterocycles. The number of anilines is 1. The van der Waals surface area contributed by atoms with Gasteiger partial charge < -0.3 is 15.4 Å². The first-order valence-electron chi connectivity index (χ1n) is 7.74. The molecule has 0 unspecified atom stereocenters. The van der Waals surface area contributed by atoms with Gasteiger partial charge in [-0.05, 0) is 13.0 Å². The van der Waals surface area contributed by atoms with E-state index in [4.69, 9.17) is 4.74 Å². The fourth-order valence-corrected chi connectivity index (χ4v) is 3.37. The van der Waals surface area contributed by atoms with Gasteiger partial charge in [-0.25, -0.2) is 9.97 Å². The standard InChI is InChI=1S/C15H21N5O2S/c1-11-8-12-14(18-10-19-15(12)23-11)17-9-13(21)16-2-3-20-4-6-22-7-5-20/h8,10H,2-7,9H2,1H3,(H,16,21)(H,17,18,19). The number of fused-ring (bicyclic) bond motifs is 1. The molecule has 0 atom stereocenters. The number of hydrogen-bond acceptors (Lipinski definition) is 7. The van der Waals surface area contributed by atoms with E-state index in [0.717, 1.165) is 43.1 Å². The van der Waals surface area contributed by atoms with Crippen LogP contribution in [0.15, 0.2) is 12.4 Å². The summed E-state index contributed by atoms with van der Waals surface area (Å²) in [5.74, 6) is 0.680. The Morgan fingerprint density at radius 2 is 2.22 bits per heavy atom. The molecule has 2 N–H and O–H groups in total. The van der Waals surface area contributed by atoms with Crippen molar-refractivity contribution in [3.05, 3.63) is 17.3 Å². The van der Waals surface area contributed by atoms with Crippen molar-refractivity contribution >= 4 is 33.3 Å². The van der Waals surface area contributed by atoms with Crippen molar-refractivity contribution in [2.24, 2.45) is 0 Å². The van der Waals surface area contributed by atoms with Gasteiger partial charge in [-0.2, -0.15) is 0 Å². The van der Waals surface area contributed by atoms with Gasteiger partial charge in [0.15, 0.2) is 0 Å². The van der Waals surface area contributed by atoms with Crippen LogP contribution in [-0.4, -0.2) is 66.7 Å². The summed E-state index contributed by atoms with van der Waals surface area (Å²) < 4.78 is 5.30. The quantitative estimate of drug-likeness (QED) is 0.815. The van der Waals surface area contributed by atoms with Crippen LogP contribution in [0.5, 0.6) is 0 Å². The van der Waals surface area contributed by atoms with Crippen LogP contribution in [0, 0.1) is 6.92 Å². The number of carbonyl (C=O) groups is 1. The summed E-state index contributed by atoms with van der Waals surface area (Å²) in [6.45, 7) is 7.18. The zero-order valence-corrected chi connectivity index (χ0v) is 14.0. The van der Waals surface area contributed by atoms with Crippen LogP contribution in [-0.2, 0) is 9.53 Å². The molecule has 1 fully saturated rings. The first-order chi connectivity index (χ1) is 11.2. The molecule has 1 amide bonds. The maximum atomic E-state index is 11.9. The topological polar surface area (TPSA) is 79.4 Å². The number of carbonyl (C=O) groups excluding carboxylic acids is 1. The maximum Gasteiger partial charge on any atom is 0.239 e. The predicted octanol–water partition coefficient (Wildman–Crippen LogP) is 0.860. The molecule has 2 aromatic rings. The van der Waals surface area contributed by atoms with Crippen molar-refractivity contribution < 1.29 is 9.53 Å². The Morgan fingerprint density at radius 1 is 1.39 bits per heavy atom. The number of thiophene rings is 1. The smallest absolute Gasteiger partial charge is 0.239 e. The highest BCUT2D eigenvalue weighted by atomic mass is 32.1. The summed E-state index contributed by atoms with van der Waals surface area (Å²) >= 11 is 1.62. The Bertz CT molecular complexity index is 669. The highest BCUT2D eigenvalue weighted by molar-refractivity contribution is 7.18. The SMILES string of the molecule is Cc1cc2c(NCC(=O)NCCN3CCOCC3)ncnc2s1. The van der Waals surface area contributed by atoms with Crippen molar-refractivity contribution in [2.45, 2.75) is 6.92 Å². The number of ether oxygens (including phenoxy) is 1. The number of rotatable bonds is 6. The van der Waals surface area contributed by atoms with Gasteiger partial charge in [0.2, 0.25) is 5.91 Å². The lowest BCUT2D eigenvalue weighted by atomic mass is 10.3. The number of nitrogens with one attached hydrogen (secondary N) is 2. The zero-order valence-electron chi connectivity index (χ0n) is 13.2. The first kappa shape index (κ1) is 16.1. The molecule has 1 aliphatic heterocycles. The van der Waals surface area contributed by atoms with Crippen molar-refractivity contribution in [3.63, 3.8) is 0 Å². The molecular formula is C15H21N5O2S. The van der Waals surface area contributed by atoms with Crippen molar-refractivity contribution in [1.29, 1.82) is 0 Å². The van der Waals surface area contributed by atoms with Gasteiger partial charge in [-0.15, -0.1) is 11.3 Å². The van der Waals surface area contributed by atoms with Gasteiger partial charge in [-0.3, -0.25) is 9.69 Å². The molecule has 8 heteroatoms. The monoisotopic (exact) mass is 335 g/mol. The highest BCUT2D eigenvalue weighted by Crippen LogP contribution is 2.27. The molecule has 23 heavy (non-hydrogen) atoms. The van der Waals surface area contributed by atoms with E-state index >= 15 is 0 Å². The van der Waals surface area contributed by atoms with Crippen molar-refractivity contribution in [3.8, 4) is 0 Å². The Morgan fingerprint density at radius 3 is 3.04 bits per heavy atom. The molecule has 3 rings (SSSR count). The molecule has 0 aliphatic carbocycles. The second kappa shape index (κ2) is 7.67. The lowest BCUT2D eigenvalue weighted by Gasteiger charge is -2.26. The third-order valence-corrected chi connectivity index (χ3v) is 4.68. The van der Waals surface area contributed by atoms with Crippen molar-refractivity contribution in [2.75, 3.05) is 51.3 Å². The largest absolute Gasteiger partial charge is 0.379 e. The fraction of sp³-hybridized carbons (Fsp3) is 0.533. The summed E-state index contributed by atoms with van der Waals surface area (Å²) in [5.41, 5.74) is 0. The molecule has 0 spiro atoms. The minimum atomic E-state index is -0.0306. The second-order valence-electron chi connectivity index (χ2n) is 5.46. The van der Waals surface area contributed by atoms with E-state index < -0.39 is 0 Å². The number of hydrogen-bond donors (Lipinski definition) is 2. The van der Waals surface area contributed by atoms with Gasteiger partial charge in [0, 0.05) is 31.1 Å². The average Bonchev–Trinajstić information content (AvgIpc) is 2.94. The molecule has 0 saturated carbocycles. The summed E-state index contributed by atoms with van der Waals surface area (Å²) in [6.07, 6.45) is 1.52. The number of amides is 1. The number of nitrogens with zero attached hydrogens (tertiary/aromatic N) is 3. The van der Waals surface area contributed by atoms with Gasteiger partial charge in [0.25, 0.3) is 0 Å². The molecule has 124 valence electrons. The van der Waals surface area contributed by atoms with Crippen LogP contribution < -0.4 is 10.6 Å². The van der Waals surface area contributed by atoms with Crippen LogP contribution in [0.2, 0.25) is 0 Å². The Kier molecular flexibility index (Phi) is 5.37. The normalized spacial score (nSPS) is 15.7. The summed E-state index contributed by atoms with van der Waals surface area (Å²) in [4.78, 5) is 24.8. The molecular weight excluding hydrogens is 314 g/mol. The fourth-order valence-electron chi connectivity index (χ4n) is 2.52. The van der Waals surface area contributed by atoms with E-state index in [1.165, 1.54) is 11.2 Å². The van der Waals surface area contributed by atoms with Gasteiger partial charge in [0.05, 0.1) is 25.1 Å². The van der Waals surface area contributed by atoms with Crippen LogP contribution in [0.25, 0.3) is 10.2 Å². The minimum Gasteiger partial charge on any atom is -0.379 e. The van der Waals surface area contributed by atoms with Crippen LogP contribution in [0.1, 0.15) is 4.88 Å². The molecule has 1 aliphatic rings. The minimum absolute atomic E-state index is 0.0306. The van der Waals surface area contributed by atoms with Crippen molar-refractivity contribution in [1.82, 2.24) is 20.2 Å². The van der Waals surface area contributed by atoms with Gasteiger partial charge in [0.1, 0.15) is 17.0 Å². The Labute approximate surface area is 139 Å². The van der Waals surface area contributed by atoms with E-state index in [1.54, 1.807) is 11.3 Å². The number of morpholine rings is 1. The second-order valence-corrected chi connectivity index (χ2v) is 6.69. The Balaban J connectivity index is 1.44. The van der Waals surface area contributed by atoms with E-state index in [2.05, 4.69) is 25.5 Å². The molecule has 1 saturated heterocycles. The van der Waals surface area contributed by atoms with E-state index in [-0.39, 0.29) is 12.5 Å². The van der Waals surface area contributed by atoms with Crippen LogP contribution in [0.3, 0.4) is 0 Å². The molecule has 0 bridgehead atoms. The van der Waals surface area contributed by atoms with E-state index in [9.17, 15) is 4.79 Å². The van der Waals surface area contributed by atoms with E-state index in [0.29, 0.717) is 12.4 Å². The number of aryl methyl sites for hydroxylation is 1. The molecule has 2 aromatic heterocycles. The van der Waals surface area contributed by atoms with Gasteiger partial charge >= 0.3 is 0 Å².